The lowest BCUT2D eigenvalue weighted by Crippen LogP contribution is -2.52. The Hall–Kier alpha value is -1.31. The lowest BCUT2D eigenvalue weighted by atomic mass is 9.50. The van der Waals surface area contributed by atoms with Crippen LogP contribution in [0.5, 0.6) is 0 Å². The summed E-state index contributed by atoms with van der Waals surface area (Å²) >= 11 is 0. The minimum absolute atomic E-state index is 0.0205. The number of aryl methyl sites for hydroxylation is 1. The summed E-state index contributed by atoms with van der Waals surface area (Å²) in [5, 5.41) is 0. The summed E-state index contributed by atoms with van der Waals surface area (Å²) in [6.45, 7) is 4.48. The van der Waals surface area contributed by atoms with E-state index in [1.165, 1.54) is 24.7 Å². The van der Waals surface area contributed by atoms with Crippen LogP contribution < -0.4 is 0 Å². The van der Waals surface area contributed by atoms with E-state index in [2.05, 4.69) is 38.1 Å². The van der Waals surface area contributed by atoms with Gasteiger partial charge in [-0.15, -0.1) is 0 Å². The molecule has 2 aliphatic rings. The van der Waals surface area contributed by atoms with Gasteiger partial charge in [0.15, 0.2) is 0 Å². The summed E-state index contributed by atoms with van der Waals surface area (Å²) in [7, 11) is 1.52. The summed E-state index contributed by atoms with van der Waals surface area (Å²) in [6, 6.07) is 8.78. The van der Waals surface area contributed by atoms with Crippen molar-refractivity contribution in [3.63, 3.8) is 0 Å². The Morgan fingerprint density at radius 1 is 1.25 bits per heavy atom. The van der Waals surface area contributed by atoms with Crippen LogP contribution in [-0.4, -0.2) is 13.1 Å². The molecule has 0 aliphatic heterocycles. The van der Waals surface area contributed by atoms with Gasteiger partial charge in [-0.25, -0.2) is 0 Å². The van der Waals surface area contributed by atoms with Gasteiger partial charge >= 0.3 is 5.97 Å². The van der Waals surface area contributed by atoms with E-state index in [0.717, 1.165) is 25.7 Å². The van der Waals surface area contributed by atoms with Gasteiger partial charge in [-0.2, -0.15) is 0 Å². The highest BCUT2D eigenvalue weighted by Crippen LogP contribution is 2.57. The number of carbonyl (C=O) groups is 1. The maximum atomic E-state index is 12.4. The smallest absolute Gasteiger partial charge is 0.311 e. The molecule has 0 bridgehead atoms. The summed E-state index contributed by atoms with van der Waals surface area (Å²) in [6.07, 6.45) is 5.43. The number of esters is 1. The van der Waals surface area contributed by atoms with E-state index < -0.39 is 0 Å². The molecule has 0 radical (unpaired) electrons. The molecule has 0 aromatic heterocycles. The van der Waals surface area contributed by atoms with Crippen molar-refractivity contribution in [1.82, 2.24) is 0 Å². The van der Waals surface area contributed by atoms with E-state index in [-0.39, 0.29) is 16.8 Å². The van der Waals surface area contributed by atoms with Crippen LogP contribution in [-0.2, 0) is 21.4 Å². The lowest BCUT2D eigenvalue weighted by molar-refractivity contribution is -0.161. The quantitative estimate of drug-likeness (QED) is 0.725. The molecule has 20 heavy (non-hydrogen) atoms. The van der Waals surface area contributed by atoms with Gasteiger partial charge in [-0.05, 0) is 55.1 Å². The minimum atomic E-state index is -0.324. The van der Waals surface area contributed by atoms with Crippen LogP contribution in [0.4, 0.5) is 0 Å². The standard InChI is InChI=1S/C18H24O2/c1-17-11-6-12-18(2,16(19)20-3)15(17)10-9-13-7-4-5-8-14(13)17/h4-5,7-8,15H,6,9-12H2,1-3H3/t15?,17-,18+/m1/s1. The molecular weight excluding hydrogens is 248 g/mol. The minimum Gasteiger partial charge on any atom is -0.469 e. The second-order valence-corrected chi connectivity index (χ2v) is 6.93. The lowest BCUT2D eigenvalue weighted by Gasteiger charge is -2.54. The molecule has 1 unspecified atom stereocenters. The first-order valence-electron chi connectivity index (χ1n) is 7.69. The summed E-state index contributed by atoms with van der Waals surface area (Å²) < 4.78 is 5.14. The first-order chi connectivity index (χ1) is 9.52. The normalized spacial score (nSPS) is 35.9. The molecule has 108 valence electrons. The van der Waals surface area contributed by atoms with Crippen LogP contribution in [0.25, 0.3) is 0 Å². The van der Waals surface area contributed by atoms with Crippen molar-refractivity contribution in [2.45, 2.75) is 51.4 Å². The summed E-state index contributed by atoms with van der Waals surface area (Å²) in [5.41, 5.74) is 2.73. The maximum Gasteiger partial charge on any atom is 0.311 e. The third kappa shape index (κ3) is 1.73. The molecule has 0 spiro atoms. The molecule has 0 heterocycles. The van der Waals surface area contributed by atoms with Gasteiger partial charge in [0.2, 0.25) is 0 Å². The van der Waals surface area contributed by atoms with Gasteiger partial charge in [0.1, 0.15) is 0 Å². The average Bonchev–Trinajstić information content (AvgIpc) is 2.46. The Kier molecular flexibility index (Phi) is 3.15. The largest absolute Gasteiger partial charge is 0.469 e. The Labute approximate surface area is 121 Å². The Morgan fingerprint density at radius 3 is 2.75 bits per heavy atom. The highest BCUT2D eigenvalue weighted by atomic mass is 16.5. The third-order valence-electron chi connectivity index (χ3n) is 5.92. The molecule has 3 atom stereocenters. The van der Waals surface area contributed by atoms with Crippen molar-refractivity contribution >= 4 is 5.97 Å². The van der Waals surface area contributed by atoms with Gasteiger partial charge in [0, 0.05) is 0 Å². The Balaban J connectivity index is 2.08. The highest BCUT2D eigenvalue weighted by molar-refractivity contribution is 5.77. The Bertz CT molecular complexity index is 536. The fraction of sp³-hybridized carbons (Fsp3) is 0.611. The molecular formula is C18H24O2. The number of methoxy groups -OCH3 is 1. The number of benzene rings is 1. The number of hydrogen-bond acceptors (Lipinski definition) is 2. The molecule has 3 rings (SSSR count). The van der Waals surface area contributed by atoms with Crippen molar-refractivity contribution in [3.05, 3.63) is 35.4 Å². The zero-order chi connectivity index (χ0) is 14.4. The first-order valence-corrected chi connectivity index (χ1v) is 7.69. The molecule has 2 heteroatoms. The van der Waals surface area contributed by atoms with E-state index in [9.17, 15) is 4.79 Å². The SMILES string of the molecule is COC(=O)[C@@]1(C)CCC[C@]2(C)c3ccccc3CCC12. The summed E-state index contributed by atoms with van der Waals surface area (Å²) in [4.78, 5) is 12.4. The first kappa shape index (κ1) is 13.7. The van der Waals surface area contributed by atoms with Gasteiger partial charge in [-0.3, -0.25) is 4.79 Å². The molecule has 1 aromatic carbocycles. The predicted molar refractivity (Wildman–Crippen MR) is 79.6 cm³/mol. The highest BCUT2D eigenvalue weighted by Gasteiger charge is 2.55. The van der Waals surface area contributed by atoms with Crippen LogP contribution in [0.1, 0.15) is 50.7 Å². The van der Waals surface area contributed by atoms with E-state index in [0.29, 0.717) is 5.92 Å². The van der Waals surface area contributed by atoms with Gasteiger partial charge in [0.25, 0.3) is 0 Å². The number of carbonyl (C=O) groups excluding carboxylic acids is 1. The number of ether oxygens (including phenoxy) is 1. The zero-order valence-corrected chi connectivity index (χ0v) is 12.7. The molecule has 0 amide bonds. The molecule has 1 saturated carbocycles. The van der Waals surface area contributed by atoms with Crippen molar-refractivity contribution in [1.29, 1.82) is 0 Å². The number of hydrogen-bond donors (Lipinski definition) is 0. The van der Waals surface area contributed by atoms with E-state index >= 15 is 0 Å². The van der Waals surface area contributed by atoms with Crippen LogP contribution >= 0.6 is 0 Å². The Morgan fingerprint density at radius 2 is 2.00 bits per heavy atom. The van der Waals surface area contributed by atoms with Gasteiger partial charge in [-0.1, -0.05) is 37.6 Å². The zero-order valence-electron chi connectivity index (χ0n) is 12.7. The monoisotopic (exact) mass is 272 g/mol. The molecule has 0 N–H and O–H groups in total. The van der Waals surface area contributed by atoms with E-state index in [1.807, 2.05) is 0 Å². The summed E-state index contributed by atoms with van der Waals surface area (Å²) in [5.74, 6) is 0.374. The second kappa shape index (κ2) is 4.61. The van der Waals surface area contributed by atoms with Crippen molar-refractivity contribution in [2.24, 2.45) is 11.3 Å². The van der Waals surface area contributed by atoms with E-state index in [1.54, 1.807) is 0 Å². The van der Waals surface area contributed by atoms with Gasteiger partial charge < -0.3 is 4.74 Å². The molecule has 0 saturated heterocycles. The molecule has 1 fully saturated rings. The number of rotatable bonds is 1. The van der Waals surface area contributed by atoms with Gasteiger partial charge in [0.05, 0.1) is 12.5 Å². The third-order valence-corrected chi connectivity index (χ3v) is 5.92. The van der Waals surface area contributed by atoms with E-state index in [4.69, 9.17) is 4.74 Å². The second-order valence-electron chi connectivity index (χ2n) is 6.93. The van der Waals surface area contributed by atoms with Crippen molar-refractivity contribution < 1.29 is 9.53 Å². The fourth-order valence-corrected chi connectivity index (χ4v) is 4.91. The predicted octanol–water partition coefficient (Wildman–Crippen LogP) is 3.87. The van der Waals surface area contributed by atoms with Crippen LogP contribution in [0, 0.1) is 11.3 Å². The maximum absolute atomic E-state index is 12.4. The molecule has 1 aromatic rings. The van der Waals surface area contributed by atoms with Crippen LogP contribution in [0.2, 0.25) is 0 Å². The van der Waals surface area contributed by atoms with Crippen LogP contribution in [0.15, 0.2) is 24.3 Å². The average molecular weight is 272 g/mol. The van der Waals surface area contributed by atoms with Crippen molar-refractivity contribution in [2.75, 3.05) is 7.11 Å². The number of fused-ring (bicyclic) bond motifs is 3. The molecule has 2 nitrogen and oxygen atoms in total. The van der Waals surface area contributed by atoms with Crippen LogP contribution in [0.3, 0.4) is 0 Å². The fourth-order valence-electron chi connectivity index (χ4n) is 4.91. The topological polar surface area (TPSA) is 26.3 Å². The van der Waals surface area contributed by atoms with Crippen molar-refractivity contribution in [3.8, 4) is 0 Å². The molecule has 2 aliphatic carbocycles.